The Hall–Kier alpha value is -2.60. The molecule has 2 N–H and O–H groups in total. The van der Waals surface area contributed by atoms with Crippen LogP contribution in [0.1, 0.15) is 35.8 Å². The number of para-hydroxylation sites is 1. The van der Waals surface area contributed by atoms with Crippen LogP contribution in [0.5, 0.6) is 0 Å². The second-order valence-electron chi connectivity index (χ2n) is 6.65. The zero-order chi connectivity index (χ0) is 17.4. The van der Waals surface area contributed by atoms with Gasteiger partial charge in [-0.15, -0.1) is 0 Å². The third-order valence-corrected chi connectivity index (χ3v) is 4.93. The van der Waals surface area contributed by atoms with E-state index < -0.39 is 0 Å². The van der Waals surface area contributed by atoms with Gasteiger partial charge >= 0.3 is 0 Å². The first kappa shape index (κ1) is 15.9. The van der Waals surface area contributed by atoms with Gasteiger partial charge in [0.1, 0.15) is 11.3 Å². The topological polar surface area (TPSA) is 72.1 Å². The van der Waals surface area contributed by atoms with Crippen molar-refractivity contribution < 1.29 is 9.21 Å². The van der Waals surface area contributed by atoms with Crippen LogP contribution in [0.25, 0.3) is 11.0 Å². The number of carbonyl (C=O) groups is 1. The van der Waals surface area contributed by atoms with Crippen molar-refractivity contribution >= 4 is 16.9 Å². The number of piperidine rings is 1. The minimum atomic E-state index is -0.0616. The number of hydrogen-bond acceptors (Lipinski definition) is 4. The number of furan rings is 1. The predicted octanol–water partition coefficient (Wildman–Crippen LogP) is 2.58. The van der Waals surface area contributed by atoms with Gasteiger partial charge in [-0.05, 0) is 19.4 Å². The Morgan fingerprint density at radius 3 is 3.04 bits per heavy atom. The second-order valence-corrected chi connectivity index (χ2v) is 6.65. The number of hydrogen-bond donors (Lipinski definition) is 2. The molecule has 0 radical (unpaired) electrons. The lowest BCUT2D eigenvalue weighted by atomic mass is 9.93. The van der Waals surface area contributed by atoms with Crippen LogP contribution < -0.4 is 10.6 Å². The fourth-order valence-electron chi connectivity index (χ4n) is 3.61. The highest BCUT2D eigenvalue weighted by Crippen LogP contribution is 2.27. The van der Waals surface area contributed by atoms with Gasteiger partial charge in [0.05, 0.1) is 12.2 Å². The van der Waals surface area contributed by atoms with Gasteiger partial charge in [0.2, 0.25) is 5.91 Å². The van der Waals surface area contributed by atoms with E-state index in [2.05, 4.69) is 21.8 Å². The van der Waals surface area contributed by atoms with Crippen molar-refractivity contribution in [3.05, 3.63) is 53.5 Å². The molecule has 1 saturated heterocycles. The molecule has 3 heterocycles. The SMILES string of the molecule is Cc1oc2ccccc2c1CN[C@@H]1CCC(=O)N[C@H]1c1cnn(C)c1. The average Bonchev–Trinajstić information content (AvgIpc) is 3.16. The molecular weight excluding hydrogens is 316 g/mol. The number of aromatic nitrogens is 2. The van der Waals surface area contributed by atoms with Crippen molar-refractivity contribution in [2.24, 2.45) is 7.05 Å². The molecule has 3 aromatic rings. The highest BCUT2D eigenvalue weighted by Gasteiger charge is 2.30. The van der Waals surface area contributed by atoms with Crippen molar-refractivity contribution in [3.8, 4) is 0 Å². The summed E-state index contributed by atoms with van der Waals surface area (Å²) in [7, 11) is 1.89. The second kappa shape index (κ2) is 6.37. The molecule has 6 heteroatoms. The van der Waals surface area contributed by atoms with Gasteiger partial charge in [-0.3, -0.25) is 9.48 Å². The summed E-state index contributed by atoms with van der Waals surface area (Å²) in [5, 5.41) is 12.1. The Kier molecular flexibility index (Phi) is 4.05. The van der Waals surface area contributed by atoms with Gasteiger partial charge in [0.25, 0.3) is 0 Å². The third-order valence-electron chi connectivity index (χ3n) is 4.93. The summed E-state index contributed by atoms with van der Waals surface area (Å²) >= 11 is 0. The van der Waals surface area contributed by atoms with Crippen LogP contribution in [-0.4, -0.2) is 21.7 Å². The monoisotopic (exact) mass is 338 g/mol. The lowest BCUT2D eigenvalue weighted by Crippen LogP contribution is -2.48. The van der Waals surface area contributed by atoms with E-state index in [0.717, 1.165) is 28.7 Å². The first-order valence-electron chi connectivity index (χ1n) is 8.60. The maximum Gasteiger partial charge on any atom is 0.220 e. The van der Waals surface area contributed by atoms with Gasteiger partial charge in [0, 0.05) is 48.8 Å². The quantitative estimate of drug-likeness (QED) is 0.767. The fourth-order valence-corrected chi connectivity index (χ4v) is 3.61. The number of nitrogens with one attached hydrogen (secondary N) is 2. The molecular formula is C19H22N4O2. The molecule has 130 valence electrons. The van der Waals surface area contributed by atoms with Gasteiger partial charge in [-0.2, -0.15) is 5.10 Å². The minimum Gasteiger partial charge on any atom is -0.461 e. The number of nitrogens with zero attached hydrogens (tertiary/aromatic N) is 2. The minimum absolute atomic E-state index is 0.0616. The zero-order valence-electron chi connectivity index (χ0n) is 14.5. The van der Waals surface area contributed by atoms with E-state index in [1.807, 2.05) is 44.6 Å². The summed E-state index contributed by atoms with van der Waals surface area (Å²) in [6.07, 6.45) is 5.13. The van der Waals surface area contributed by atoms with Crippen molar-refractivity contribution in [2.45, 2.75) is 38.4 Å². The molecule has 1 amide bonds. The maximum atomic E-state index is 11.9. The molecule has 4 rings (SSSR count). The van der Waals surface area contributed by atoms with Gasteiger partial charge in [-0.25, -0.2) is 0 Å². The molecule has 2 atom stereocenters. The van der Waals surface area contributed by atoms with Crippen molar-refractivity contribution in [2.75, 3.05) is 0 Å². The van der Waals surface area contributed by atoms with Crippen LogP contribution in [0.15, 0.2) is 41.1 Å². The number of amides is 1. The molecule has 0 unspecified atom stereocenters. The predicted molar refractivity (Wildman–Crippen MR) is 94.9 cm³/mol. The van der Waals surface area contributed by atoms with Crippen LogP contribution in [0.2, 0.25) is 0 Å². The molecule has 0 spiro atoms. The molecule has 1 aromatic carbocycles. The van der Waals surface area contributed by atoms with E-state index in [9.17, 15) is 4.79 Å². The molecule has 1 fully saturated rings. The van der Waals surface area contributed by atoms with Gasteiger partial charge in [0.15, 0.2) is 0 Å². The van der Waals surface area contributed by atoms with Crippen LogP contribution in [-0.2, 0) is 18.4 Å². The largest absolute Gasteiger partial charge is 0.461 e. The van der Waals surface area contributed by atoms with E-state index >= 15 is 0 Å². The lowest BCUT2D eigenvalue weighted by molar-refractivity contribution is -0.123. The Balaban J connectivity index is 1.55. The molecule has 1 aliphatic heterocycles. The fraction of sp³-hybridized carbons (Fsp3) is 0.368. The third kappa shape index (κ3) is 3.05. The Morgan fingerprint density at radius 2 is 2.24 bits per heavy atom. The van der Waals surface area contributed by atoms with E-state index in [4.69, 9.17) is 4.42 Å². The van der Waals surface area contributed by atoms with Crippen LogP contribution in [0, 0.1) is 6.92 Å². The molecule has 0 bridgehead atoms. The summed E-state index contributed by atoms with van der Waals surface area (Å²) in [5.74, 6) is 1.03. The number of carbonyl (C=O) groups excluding carboxylic acids is 1. The van der Waals surface area contributed by atoms with E-state index in [1.54, 1.807) is 4.68 Å². The first-order valence-corrected chi connectivity index (χ1v) is 8.60. The Labute approximate surface area is 146 Å². The lowest BCUT2D eigenvalue weighted by Gasteiger charge is -2.32. The number of rotatable bonds is 4. The Bertz CT molecular complexity index is 911. The van der Waals surface area contributed by atoms with E-state index in [-0.39, 0.29) is 18.0 Å². The smallest absolute Gasteiger partial charge is 0.220 e. The van der Waals surface area contributed by atoms with Crippen LogP contribution >= 0.6 is 0 Å². The zero-order valence-corrected chi connectivity index (χ0v) is 14.5. The summed E-state index contributed by atoms with van der Waals surface area (Å²) in [6, 6.07) is 8.19. The standard InChI is InChI=1S/C19H22N4O2/c1-12-15(14-5-3-4-6-17(14)25-12)10-20-16-7-8-18(24)22-19(16)13-9-21-23(2)11-13/h3-6,9,11,16,19-20H,7-8,10H2,1-2H3,(H,22,24)/t16-,19+/m1/s1. The summed E-state index contributed by atoms with van der Waals surface area (Å²) in [5.41, 5.74) is 3.12. The molecule has 0 saturated carbocycles. The highest BCUT2D eigenvalue weighted by atomic mass is 16.3. The van der Waals surface area contributed by atoms with Crippen molar-refractivity contribution in [1.29, 1.82) is 0 Å². The molecule has 25 heavy (non-hydrogen) atoms. The van der Waals surface area contributed by atoms with Gasteiger partial charge in [-0.1, -0.05) is 18.2 Å². The molecule has 1 aliphatic rings. The number of aryl methyl sites for hydroxylation is 2. The first-order chi connectivity index (χ1) is 12.1. The summed E-state index contributed by atoms with van der Waals surface area (Å²) in [6.45, 7) is 2.71. The number of fused-ring (bicyclic) bond motifs is 1. The van der Waals surface area contributed by atoms with Crippen molar-refractivity contribution in [3.63, 3.8) is 0 Å². The summed E-state index contributed by atoms with van der Waals surface area (Å²) in [4.78, 5) is 11.9. The van der Waals surface area contributed by atoms with Crippen LogP contribution in [0.4, 0.5) is 0 Å². The van der Waals surface area contributed by atoms with Crippen molar-refractivity contribution in [1.82, 2.24) is 20.4 Å². The van der Waals surface area contributed by atoms with E-state index in [1.165, 1.54) is 5.56 Å². The number of benzene rings is 1. The highest BCUT2D eigenvalue weighted by molar-refractivity contribution is 5.82. The maximum absolute atomic E-state index is 11.9. The molecule has 6 nitrogen and oxygen atoms in total. The van der Waals surface area contributed by atoms with Gasteiger partial charge < -0.3 is 15.1 Å². The summed E-state index contributed by atoms with van der Waals surface area (Å²) < 4.78 is 7.61. The molecule has 2 aromatic heterocycles. The van der Waals surface area contributed by atoms with E-state index in [0.29, 0.717) is 13.0 Å². The molecule has 0 aliphatic carbocycles. The van der Waals surface area contributed by atoms with Crippen LogP contribution in [0.3, 0.4) is 0 Å². The normalized spacial score (nSPS) is 20.8. The Morgan fingerprint density at radius 1 is 1.40 bits per heavy atom. The average molecular weight is 338 g/mol.